The Kier molecular flexibility index (Phi) is 7.35. The predicted molar refractivity (Wildman–Crippen MR) is 139 cm³/mol. The first kappa shape index (κ1) is 24.5. The number of hydrogen-bond acceptors (Lipinski definition) is 8. The first-order valence-electron chi connectivity index (χ1n) is 10.9. The molecule has 36 heavy (non-hydrogen) atoms. The van der Waals surface area contributed by atoms with Crippen molar-refractivity contribution in [1.82, 2.24) is 10.2 Å². The number of carbonyl (C=O) groups excluding carboxylic acids is 1. The number of carbonyl (C=O) groups is 1. The van der Waals surface area contributed by atoms with Gasteiger partial charge in [0.15, 0.2) is 6.29 Å². The van der Waals surface area contributed by atoms with Crippen LogP contribution in [-0.4, -0.2) is 35.6 Å². The first-order valence-corrected chi connectivity index (χ1v) is 12.5. The average Bonchev–Trinajstić information content (AvgIpc) is 3.55. The van der Waals surface area contributed by atoms with Crippen LogP contribution in [0.1, 0.15) is 11.5 Å². The van der Waals surface area contributed by atoms with Crippen molar-refractivity contribution in [3.8, 4) is 22.1 Å². The van der Waals surface area contributed by atoms with Gasteiger partial charge < -0.3 is 25.3 Å². The molecule has 2 heterocycles. The van der Waals surface area contributed by atoms with Gasteiger partial charge in [0.2, 0.25) is 11.0 Å². The number of nitrogens with two attached hydrogens (primary N) is 1. The second-order valence-corrected chi connectivity index (χ2v) is 9.65. The number of halogens is 2. The summed E-state index contributed by atoms with van der Waals surface area (Å²) in [6.07, 6.45) is -0.704. The van der Waals surface area contributed by atoms with E-state index in [2.05, 4.69) is 15.5 Å². The van der Waals surface area contributed by atoms with Crippen LogP contribution in [0.2, 0.25) is 10.0 Å². The minimum atomic E-state index is -0.731. The topological polar surface area (TPSA) is 109 Å². The van der Waals surface area contributed by atoms with Gasteiger partial charge in [-0.2, -0.15) is 0 Å². The Morgan fingerprint density at radius 1 is 1.00 bits per heavy atom. The molecule has 1 atom stereocenters. The highest BCUT2D eigenvalue weighted by Crippen LogP contribution is 2.34. The number of primary amides is 1. The molecule has 1 aliphatic rings. The van der Waals surface area contributed by atoms with Crippen molar-refractivity contribution in [1.29, 1.82) is 0 Å². The monoisotopic (exact) mass is 542 g/mol. The van der Waals surface area contributed by atoms with Crippen LogP contribution in [0.15, 0.2) is 66.7 Å². The predicted octanol–water partition coefficient (Wildman–Crippen LogP) is 5.99. The maximum atomic E-state index is 12.1. The molecule has 0 radical (unpaired) electrons. The molecule has 1 saturated heterocycles. The summed E-state index contributed by atoms with van der Waals surface area (Å²) in [6, 6.07) is 19.9. The largest absolute Gasteiger partial charge is 0.457 e. The van der Waals surface area contributed by atoms with E-state index in [1.165, 1.54) is 11.3 Å². The van der Waals surface area contributed by atoms with E-state index in [4.69, 9.17) is 43.1 Å². The molecule has 11 heteroatoms. The fourth-order valence-corrected chi connectivity index (χ4v) is 4.77. The zero-order valence-corrected chi connectivity index (χ0v) is 21.0. The number of amides is 1. The summed E-state index contributed by atoms with van der Waals surface area (Å²) < 4.78 is 17.1. The Morgan fingerprint density at radius 2 is 1.75 bits per heavy atom. The van der Waals surface area contributed by atoms with Crippen LogP contribution >= 0.6 is 34.5 Å². The lowest BCUT2D eigenvalue weighted by Crippen LogP contribution is -2.32. The van der Waals surface area contributed by atoms with Gasteiger partial charge in [-0.05, 0) is 48.0 Å². The molecule has 3 aromatic carbocycles. The Morgan fingerprint density at radius 3 is 2.50 bits per heavy atom. The summed E-state index contributed by atoms with van der Waals surface area (Å²) in [5, 5.41) is 13.9. The van der Waals surface area contributed by atoms with E-state index in [1.807, 2.05) is 30.3 Å². The summed E-state index contributed by atoms with van der Waals surface area (Å²) in [6.45, 7) is 0.849. The number of benzene rings is 3. The molecule has 0 aliphatic carbocycles. The highest BCUT2D eigenvalue weighted by atomic mass is 35.5. The van der Waals surface area contributed by atoms with E-state index in [1.54, 1.807) is 36.4 Å². The standard InChI is InChI=1S/C25H20Cl2N4O4S/c26-19-8-7-16(13-20(19)27)29-25-31-30-23(36-25)15-4-2-6-18(12-15)35-17-5-1-3-14(11-17)21(22(28)32)24-33-9-10-34-24/h1-8,11-13,21,24H,9-10H2,(H2,28,32)(H,29,31). The average molecular weight is 543 g/mol. The summed E-state index contributed by atoms with van der Waals surface area (Å²) in [5.41, 5.74) is 7.88. The lowest BCUT2D eigenvalue weighted by Gasteiger charge is -2.20. The zero-order valence-electron chi connectivity index (χ0n) is 18.7. The van der Waals surface area contributed by atoms with Crippen LogP contribution in [0, 0.1) is 0 Å². The van der Waals surface area contributed by atoms with Crippen molar-refractivity contribution in [3.63, 3.8) is 0 Å². The van der Waals surface area contributed by atoms with Gasteiger partial charge in [0.1, 0.15) is 22.4 Å². The van der Waals surface area contributed by atoms with Crippen LogP contribution in [0.3, 0.4) is 0 Å². The van der Waals surface area contributed by atoms with Gasteiger partial charge in [-0.15, -0.1) is 10.2 Å². The quantitative estimate of drug-likeness (QED) is 0.281. The number of rotatable bonds is 8. The summed E-state index contributed by atoms with van der Waals surface area (Å²) in [7, 11) is 0. The normalized spacial score (nSPS) is 14.5. The molecule has 1 aliphatic heterocycles. The zero-order chi connectivity index (χ0) is 25.1. The lowest BCUT2D eigenvalue weighted by atomic mass is 9.97. The Hall–Kier alpha value is -3.21. The van der Waals surface area contributed by atoms with E-state index < -0.39 is 18.1 Å². The van der Waals surface area contributed by atoms with Crippen molar-refractivity contribution in [2.75, 3.05) is 18.5 Å². The van der Waals surface area contributed by atoms with Crippen LogP contribution < -0.4 is 15.8 Å². The SMILES string of the molecule is NC(=O)C(c1cccc(Oc2cccc(-c3nnc(Nc4ccc(Cl)c(Cl)c4)s3)c2)c1)C1OCCO1. The molecule has 0 saturated carbocycles. The Bertz CT molecular complexity index is 1390. The molecule has 1 amide bonds. The molecule has 8 nitrogen and oxygen atoms in total. The minimum absolute atomic E-state index is 0.424. The lowest BCUT2D eigenvalue weighted by molar-refractivity contribution is -0.130. The molecule has 4 aromatic rings. The molecular formula is C25H20Cl2N4O4S. The van der Waals surface area contributed by atoms with Crippen molar-refractivity contribution >= 4 is 51.3 Å². The highest BCUT2D eigenvalue weighted by molar-refractivity contribution is 7.18. The fraction of sp³-hybridized carbons (Fsp3) is 0.160. The third-order valence-corrected chi connectivity index (χ3v) is 6.98. The maximum absolute atomic E-state index is 12.1. The molecule has 1 aromatic heterocycles. The van der Waals surface area contributed by atoms with E-state index in [0.29, 0.717) is 50.5 Å². The number of anilines is 2. The minimum Gasteiger partial charge on any atom is -0.457 e. The molecule has 0 bridgehead atoms. The van der Waals surface area contributed by atoms with Gasteiger partial charge in [0.05, 0.1) is 23.3 Å². The van der Waals surface area contributed by atoms with Gasteiger partial charge in [0.25, 0.3) is 0 Å². The third-order valence-electron chi connectivity index (χ3n) is 5.36. The van der Waals surface area contributed by atoms with E-state index in [9.17, 15) is 4.79 Å². The van der Waals surface area contributed by atoms with Crippen LogP contribution in [-0.2, 0) is 14.3 Å². The van der Waals surface area contributed by atoms with Gasteiger partial charge in [-0.25, -0.2) is 0 Å². The van der Waals surface area contributed by atoms with Gasteiger partial charge in [0, 0.05) is 11.3 Å². The van der Waals surface area contributed by atoms with Crippen LogP contribution in [0.4, 0.5) is 10.8 Å². The van der Waals surface area contributed by atoms with E-state index >= 15 is 0 Å². The summed E-state index contributed by atoms with van der Waals surface area (Å²) in [4.78, 5) is 12.1. The molecule has 1 unspecified atom stereocenters. The summed E-state index contributed by atoms with van der Waals surface area (Å²) >= 11 is 13.5. The molecule has 3 N–H and O–H groups in total. The molecule has 1 fully saturated rings. The van der Waals surface area contributed by atoms with Crippen molar-refractivity contribution in [3.05, 3.63) is 82.3 Å². The highest BCUT2D eigenvalue weighted by Gasteiger charge is 2.33. The number of nitrogens with zero attached hydrogens (tertiary/aromatic N) is 2. The van der Waals surface area contributed by atoms with Gasteiger partial charge in [-0.3, -0.25) is 4.79 Å². The number of nitrogens with one attached hydrogen (secondary N) is 1. The van der Waals surface area contributed by atoms with Gasteiger partial charge >= 0.3 is 0 Å². The van der Waals surface area contributed by atoms with E-state index in [0.717, 1.165) is 11.3 Å². The van der Waals surface area contributed by atoms with Crippen molar-refractivity contribution in [2.45, 2.75) is 12.2 Å². The second-order valence-electron chi connectivity index (χ2n) is 7.86. The van der Waals surface area contributed by atoms with Crippen molar-refractivity contribution < 1.29 is 19.0 Å². The van der Waals surface area contributed by atoms with Crippen LogP contribution in [0.5, 0.6) is 11.5 Å². The maximum Gasteiger partial charge on any atom is 0.230 e. The second kappa shape index (κ2) is 10.8. The molecule has 184 valence electrons. The number of ether oxygens (including phenoxy) is 3. The Labute approximate surface area is 220 Å². The fourth-order valence-electron chi connectivity index (χ4n) is 3.71. The van der Waals surface area contributed by atoms with E-state index in [-0.39, 0.29) is 0 Å². The summed E-state index contributed by atoms with van der Waals surface area (Å²) in [5.74, 6) is -0.108. The molecule has 5 rings (SSSR count). The molecule has 0 spiro atoms. The smallest absolute Gasteiger partial charge is 0.230 e. The van der Waals surface area contributed by atoms with Crippen molar-refractivity contribution in [2.24, 2.45) is 5.73 Å². The molecular weight excluding hydrogens is 523 g/mol. The number of hydrogen-bond donors (Lipinski definition) is 2. The first-order chi connectivity index (χ1) is 17.5. The Balaban J connectivity index is 1.32. The van der Waals surface area contributed by atoms with Crippen LogP contribution in [0.25, 0.3) is 10.6 Å². The van der Waals surface area contributed by atoms with Gasteiger partial charge in [-0.1, -0.05) is 58.8 Å². The third kappa shape index (κ3) is 5.61. The number of aromatic nitrogens is 2.